The highest BCUT2D eigenvalue weighted by Gasteiger charge is 2.46. The topological polar surface area (TPSA) is 31.8 Å². The summed E-state index contributed by atoms with van der Waals surface area (Å²) >= 11 is 0. The van der Waals surface area contributed by atoms with Gasteiger partial charge in [0.15, 0.2) is 0 Å². The van der Waals surface area contributed by atoms with E-state index in [4.69, 9.17) is 9.72 Å². The van der Waals surface area contributed by atoms with Crippen LogP contribution in [0.1, 0.15) is 30.0 Å². The first-order valence-corrected chi connectivity index (χ1v) is 11.0. The predicted molar refractivity (Wildman–Crippen MR) is 116 cm³/mol. The third-order valence-corrected chi connectivity index (χ3v) is 7.09. The molecular weight excluding hydrogens is 360 g/mol. The minimum absolute atomic E-state index is 0.477. The molecule has 0 N–H and O–H groups in total. The SMILES string of the molecule is COc1ccc([C@@H]2[C@@H]3CN(c4ccc(CN5CCCC5)cn4)C[C@@H]3CN2C)cc1. The first-order chi connectivity index (χ1) is 14.2. The Morgan fingerprint density at radius 2 is 1.79 bits per heavy atom. The highest BCUT2D eigenvalue weighted by Crippen LogP contribution is 2.45. The zero-order valence-corrected chi connectivity index (χ0v) is 17.6. The van der Waals surface area contributed by atoms with E-state index in [-0.39, 0.29) is 0 Å². The molecule has 4 heterocycles. The van der Waals surface area contributed by atoms with Gasteiger partial charge in [0.2, 0.25) is 0 Å². The Kier molecular flexibility index (Phi) is 5.18. The van der Waals surface area contributed by atoms with Gasteiger partial charge >= 0.3 is 0 Å². The molecule has 0 spiro atoms. The highest BCUT2D eigenvalue weighted by molar-refractivity contribution is 5.42. The lowest BCUT2D eigenvalue weighted by Gasteiger charge is -2.27. The summed E-state index contributed by atoms with van der Waals surface area (Å²) in [6.45, 7) is 6.87. The maximum absolute atomic E-state index is 5.34. The molecule has 3 atom stereocenters. The summed E-state index contributed by atoms with van der Waals surface area (Å²) in [5, 5.41) is 0. The average Bonchev–Trinajstić information content (AvgIpc) is 3.45. The third-order valence-electron chi connectivity index (χ3n) is 7.09. The van der Waals surface area contributed by atoms with Crippen molar-refractivity contribution in [3.63, 3.8) is 0 Å². The molecular formula is C24H32N4O. The second-order valence-electron chi connectivity index (χ2n) is 8.99. The summed E-state index contributed by atoms with van der Waals surface area (Å²) in [5.74, 6) is 3.43. The van der Waals surface area contributed by atoms with E-state index in [2.05, 4.69) is 64.3 Å². The monoisotopic (exact) mass is 392 g/mol. The molecule has 3 aliphatic rings. The standard InChI is InChI=1S/C24H32N4O/c1-26-15-20-16-28(17-22(20)24(26)19-6-8-21(29-2)9-7-19)23-10-5-18(13-25-23)14-27-11-3-4-12-27/h5-10,13,20,22,24H,3-4,11-12,14-17H2,1-2H3/t20-,22+,24+/m0/s1. The number of anilines is 1. The van der Waals surface area contributed by atoms with Gasteiger partial charge in [0.25, 0.3) is 0 Å². The molecule has 29 heavy (non-hydrogen) atoms. The second-order valence-corrected chi connectivity index (χ2v) is 8.99. The predicted octanol–water partition coefficient (Wildman–Crippen LogP) is 3.43. The molecule has 3 saturated heterocycles. The zero-order valence-electron chi connectivity index (χ0n) is 17.6. The summed E-state index contributed by atoms with van der Waals surface area (Å²) in [5.41, 5.74) is 2.74. The Morgan fingerprint density at radius 1 is 1.00 bits per heavy atom. The van der Waals surface area contributed by atoms with Crippen molar-refractivity contribution in [2.24, 2.45) is 11.8 Å². The number of likely N-dealkylation sites (tertiary alicyclic amines) is 2. The number of fused-ring (bicyclic) bond motifs is 1. The highest BCUT2D eigenvalue weighted by atomic mass is 16.5. The van der Waals surface area contributed by atoms with Crippen LogP contribution >= 0.6 is 0 Å². The average molecular weight is 393 g/mol. The van der Waals surface area contributed by atoms with Crippen LogP contribution in [0.25, 0.3) is 0 Å². The molecule has 2 aromatic rings. The van der Waals surface area contributed by atoms with Crippen LogP contribution in [0.15, 0.2) is 42.6 Å². The lowest BCUT2D eigenvalue weighted by atomic mass is 9.89. The number of rotatable bonds is 5. The Morgan fingerprint density at radius 3 is 2.48 bits per heavy atom. The van der Waals surface area contributed by atoms with Crippen LogP contribution in [-0.2, 0) is 6.54 Å². The fourth-order valence-electron chi connectivity index (χ4n) is 5.64. The molecule has 5 nitrogen and oxygen atoms in total. The van der Waals surface area contributed by atoms with Crippen LogP contribution in [-0.4, -0.2) is 61.7 Å². The van der Waals surface area contributed by atoms with Gasteiger partial charge < -0.3 is 9.64 Å². The van der Waals surface area contributed by atoms with E-state index < -0.39 is 0 Å². The van der Waals surface area contributed by atoms with Crippen molar-refractivity contribution in [2.75, 3.05) is 51.8 Å². The normalized spacial score (nSPS) is 27.5. The van der Waals surface area contributed by atoms with Crippen LogP contribution in [0.2, 0.25) is 0 Å². The summed E-state index contributed by atoms with van der Waals surface area (Å²) in [6.07, 6.45) is 4.77. The van der Waals surface area contributed by atoms with Crippen molar-refractivity contribution in [1.29, 1.82) is 0 Å². The number of ether oxygens (including phenoxy) is 1. The van der Waals surface area contributed by atoms with Gasteiger partial charge in [-0.25, -0.2) is 4.98 Å². The lowest BCUT2D eigenvalue weighted by molar-refractivity contribution is 0.279. The number of methoxy groups -OCH3 is 1. The van der Waals surface area contributed by atoms with E-state index in [1.165, 1.54) is 37.1 Å². The maximum Gasteiger partial charge on any atom is 0.128 e. The molecule has 0 bridgehead atoms. The van der Waals surface area contributed by atoms with Gasteiger partial charge in [-0.15, -0.1) is 0 Å². The van der Waals surface area contributed by atoms with Gasteiger partial charge in [0.05, 0.1) is 7.11 Å². The summed E-state index contributed by atoms with van der Waals surface area (Å²) in [7, 11) is 3.99. The molecule has 0 saturated carbocycles. The van der Waals surface area contributed by atoms with Crippen molar-refractivity contribution < 1.29 is 4.74 Å². The molecule has 1 aromatic carbocycles. The zero-order chi connectivity index (χ0) is 19.8. The Bertz CT molecular complexity index is 816. The largest absolute Gasteiger partial charge is 0.497 e. The van der Waals surface area contributed by atoms with Gasteiger partial charge in [0, 0.05) is 44.3 Å². The number of benzene rings is 1. The van der Waals surface area contributed by atoms with Gasteiger partial charge in [-0.3, -0.25) is 9.80 Å². The first-order valence-electron chi connectivity index (χ1n) is 11.0. The van der Waals surface area contributed by atoms with Crippen LogP contribution in [0.5, 0.6) is 5.75 Å². The van der Waals surface area contributed by atoms with E-state index in [0.29, 0.717) is 17.9 Å². The molecule has 3 aliphatic heterocycles. The molecule has 0 amide bonds. The minimum Gasteiger partial charge on any atom is -0.497 e. The second kappa shape index (κ2) is 7.96. The molecule has 1 aromatic heterocycles. The maximum atomic E-state index is 5.34. The summed E-state index contributed by atoms with van der Waals surface area (Å²) in [6, 6.07) is 13.6. The van der Waals surface area contributed by atoms with E-state index in [1.54, 1.807) is 7.11 Å². The number of nitrogens with zero attached hydrogens (tertiary/aromatic N) is 4. The van der Waals surface area contributed by atoms with Gasteiger partial charge in [0.1, 0.15) is 11.6 Å². The molecule has 5 heteroatoms. The van der Waals surface area contributed by atoms with Crippen molar-refractivity contribution in [3.05, 3.63) is 53.7 Å². The third kappa shape index (κ3) is 3.74. The lowest BCUT2D eigenvalue weighted by Crippen LogP contribution is -2.29. The molecule has 154 valence electrons. The van der Waals surface area contributed by atoms with Gasteiger partial charge in [-0.05, 0) is 68.2 Å². The summed E-state index contributed by atoms with van der Waals surface area (Å²) < 4.78 is 5.34. The van der Waals surface area contributed by atoms with Gasteiger partial charge in [-0.1, -0.05) is 18.2 Å². The quantitative estimate of drug-likeness (QED) is 0.778. The molecule has 0 aliphatic carbocycles. The number of hydrogen-bond acceptors (Lipinski definition) is 5. The van der Waals surface area contributed by atoms with E-state index in [0.717, 1.165) is 37.7 Å². The summed E-state index contributed by atoms with van der Waals surface area (Å²) in [4.78, 5) is 12.4. The molecule has 0 radical (unpaired) electrons. The van der Waals surface area contributed by atoms with E-state index in [1.807, 2.05) is 0 Å². The molecule has 3 fully saturated rings. The smallest absolute Gasteiger partial charge is 0.128 e. The fourth-order valence-corrected chi connectivity index (χ4v) is 5.64. The van der Waals surface area contributed by atoms with Crippen LogP contribution in [0.4, 0.5) is 5.82 Å². The van der Waals surface area contributed by atoms with Gasteiger partial charge in [-0.2, -0.15) is 0 Å². The van der Waals surface area contributed by atoms with Crippen molar-refractivity contribution >= 4 is 5.82 Å². The molecule has 0 unspecified atom stereocenters. The van der Waals surface area contributed by atoms with Crippen LogP contribution < -0.4 is 9.64 Å². The Balaban J connectivity index is 1.27. The number of aromatic nitrogens is 1. The van der Waals surface area contributed by atoms with Crippen LogP contribution in [0, 0.1) is 11.8 Å². The van der Waals surface area contributed by atoms with Crippen LogP contribution in [0.3, 0.4) is 0 Å². The number of pyridine rings is 1. The van der Waals surface area contributed by atoms with Crippen molar-refractivity contribution in [1.82, 2.24) is 14.8 Å². The number of hydrogen-bond donors (Lipinski definition) is 0. The Hall–Kier alpha value is -2.11. The fraction of sp³-hybridized carbons (Fsp3) is 0.542. The van der Waals surface area contributed by atoms with Crippen molar-refractivity contribution in [2.45, 2.75) is 25.4 Å². The molecule has 5 rings (SSSR count). The Labute approximate surface area is 174 Å². The van der Waals surface area contributed by atoms with E-state index >= 15 is 0 Å². The minimum atomic E-state index is 0.477. The van der Waals surface area contributed by atoms with E-state index in [9.17, 15) is 0 Å². The van der Waals surface area contributed by atoms with Crippen molar-refractivity contribution in [3.8, 4) is 5.75 Å². The first kappa shape index (κ1) is 18.9.